The summed E-state index contributed by atoms with van der Waals surface area (Å²) >= 11 is 0. The van der Waals surface area contributed by atoms with Crippen molar-refractivity contribution in [3.63, 3.8) is 0 Å². The fourth-order valence-corrected chi connectivity index (χ4v) is 3.49. The van der Waals surface area contributed by atoms with E-state index < -0.39 is 0 Å². The van der Waals surface area contributed by atoms with E-state index >= 15 is 0 Å². The number of anilines is 2. The van der Waals surface area contributed by atoms with Gasteiger partial charge in [-0.1, -0.05) is 11.8 Å². The third kappa shape index (κ3) is 11.0. The average molecular weight is 547 g/mol. The molecule has 0 bridgehead atoms. The van der Waals surface area contributed by atoms with Crippen LogP contribution in [0.3, 0.4) is 0 Å². The number of aliphatic hydroxyl groups excluding tert-OH is 1. The van der Waals surface area contributed by atoms with Crippen LogP contribution in [0.5, 0.6) is 11.6 Å². The van der Waals surface area contributed by atoms with Gasteiger partial charge in [0, 0.05) is 23.5 Å². The van der Waals surface area contributed by atoms with Crippen molar-refractivity contribution >= 4 is 11.6 Å². The van der Waals surface area contributed by atoms with Gasteiger partial charge in [-0.2, -0.15) is 10.2 Å². The predicted octanol–water partition coefficient (Wildman–Crippen LogP) is 3.91. The molecule has 1 aromatic heterocycles. The van der Waals surface area contributed by atoms with Crippen molar-refractivity contribution in [1.29, 1.82) is 5.26 Å². The Labute approximate surface area is 234 Å². The first-order chi connectivity index (χ1) is 19.6. The zero-order valence-corrected chi connectivity index (χ0v) is 22.8. The lowest BCUT2D eigenvalue weighted by atomic mass is 10.1. The Hall–Kier alpha value is -4.03. The quantitative estimate of drug-likeness (QED) is 0.202. The Kier molecular flexibility index (Phi) is 13.4. The molecule has 0 aliphatic heterocycles. The number of aryl methyl sites for hydroxylation is 2. The second kappa shape index (κ2) is 17.5. The summed E-state index contributed by atoms with van der Waals surface area (Å²) in [6.07, 6.45) is 1.62. The molecule has 0 aliphatic carbocycles. The van der Waals surface area contributed by atoms with Gasteiger partial charge in [-0.05, 0) is 61.4 Å². The molecule has 1 heterocycles. The van der Waals surface area contributed by atoms with Gasteiger partial charge < -0.3 is 34.1 Å². The van der Waals surface area contributed by atoms with Crippen LogP contribution in [0.1, 0.15) is 22.3 Å². The summed E-state index contributed by atoms with van der Waals surface area (Å²) in [6.45, 7) is 7.36. The van der Waals surface area contributed by atoms with Crippen LogP contribution in [0.4, 0.5) is 11.6 Å². The molecule has 10 heteroatoms. The molecule has 210 valence electrons. The van der Waals surface area contributed by atoms with Crippen molar-refractivity contribution < 1.29 is 28.8 Å². The maximum absolute atomic E-state index is 8.95. The van der Waals surface area contributed by atoms with Gasteiger partial charge in [-0.15, -0.1) is 0 Å². The third-order valence-electron chi connectivity index (χ3n) is 5.33. The van der Waals surface area contributed by atoms with Crippen molar-refractivity contribution in [3.8, 4) is 29.5 Å². The summed E-state index contributed by atoms with van der Waals surface area (Å²) in [5.41, 5.74) is 4.08. The smallest absolute Gasteiger partial charge is 0.230 e. The van der Waals surface area contributed by atoms with E-state index in [0.717, 1.165) is 22.4 Å². The van der Waals surface area contributed by atoms with Gasteiger partial charge in [0.25, 0.3) is 0 Å². The number of hydrogen-bond acceptors (Lipinski definition) is 10. The Balaban J connectivity index is 1.41. The van der Waals surface area contributed by atoms with Crippen LogP contribution < -0.4 is 10.1 Å². The maximum atomic E-state index is 8.95. The molecule has 0 fully saturated rings. The summed E-state index contributed by atoms with van der Waals surface area (Å²) in [5.74, 6) is 7.66. The highest BCUT2D eigenvalue weighted by Crippen LogP contribution is 2.29. The number of rotatable bonds is 16. The summed E-state index contributed by atoms with van der Waals surface area (Å²) in [4.78, 5) is 8.69. The number of aliphatic hydroxyl groups is 1. The minimum atomic E-state index is 0.0161. The Bertz CT molecular complexity index is 1280. The lowest BCUT2D eigenvalue weighted by molar-refractivity contribution is -0.00291. The first-order valence-electron chi connectivity index (χ1n) is 12.9. The third-order valence-corrected chi connectivity index (χ3v) is 5.33. The van der Waals surface area contributed by atoms with Gasteiger partial charge >= 0.3 is 0 Å². The largest absolute Gasteiger partial charge is 0.438 e. The molecule has 10 nitrogen and oxygen atoms in total. The molecule has 40 heavy (non-hydrogen) atoms. The van der Waals surface area contributed by atoms with E-state index in [1.54, 1.807) is 36.5 Å². The van der Waals surface area contributed by atoms with Crippen LogP contribution in [0, 0.1) is 37.0 Å². The number of nitrogens with zero attached hydrogens (tertiary/aromatic N) is 3. The van der Waals surface area contributed by atoms with E-state index in [-0.39, 0.29) is 6.61 Å². The maximum Gasteiger partial charge on any atom is 0.230 e. The van der Waals surface area contributed by atoms with Crippen LogP contribution >= 0.6 is 0 Å². The molecule has 0 saturated carbocycles. The van der Waals surface area contributed by atoms with E-state index in [0.29, 0.717) is 76.0 Å². The molecular weight excluding hydrogens is 512 g/mol. The van der Waals surface area contributed by atoms with Gasteiger partial charge in [0.15, 0.2) is 0 Å². The molecule has 3 rings (SSSR count). The van der Waals surface area contributed by atoms with Crippen LogP contribution in [0.25, 0.3) is 0 Å². The summed E-state index contributed by atoms with van der Waals surface area (Å²) < 4.78 is 27.5. The number of nitrogens with one attached hydrogen (secondary N) is 1. The Morgan fingerprint density at radius 1 is 0.825 bits per heavy atom. The molecular formula is C30H34N4O6. The van der Waals surface area contributed by atoms with Crippen molar-refractivity contribution in [2.75, 3.05) is 64.8 Å². The van der Waals surface area contributed by atoms with E-state index in [2.05, 4.69) is 33.2 Å². The molecule has 0 atom stereocenters. The lowest BCUT2D eigenvalue weighted by Gasteiger charge is -2.12. The van der Waals surface area contributed by atoms with Crippen molar-refractivity contribution in [3.05, 3.63) is 70.9 Å². The van der Waals surface area contributed by atoms with Gasteiger partial charge in [0.05, 0.1) is 64.5 Å². The topological polar surface area (TPSA) is 128 Å². The van der Waals surface area contributed by atoms with Crippen LogP contribution in [0.15, 0.2) is 48.7 Å². The highest BCUT2D eigenvalue weighted by Gasteiger charge is 2.09. The second-order valence-corrected chi connectivity index (χ2v) is 8.49. The molecule has 0 aliphatic rings. The Morgan fingerprint density at radius 2 is 1.45 bits per heavy atom. The monoisotopic (exact) mass is 546 g/mol. The van der Waals surface area contributed by atoms with Crippen molar-refractivity contribution in [2.24, 2.45) is 0 Å². The molecule has 0 saturated heterocycles. The number of aromatic nitrogens is 2. The van der Waals surface area contributed by atoms with Gasteiger partial charge in [0.1, 0.15) is 12.4 Å². The second-order valence-electron chi connectivity index (χ2n) is 8.49. The van der Waals surface area contributed by atoms with Crippen molar-refractivity contribution in [1.82, 2.24) is 9.97 Å². The number of benzene rings is 2. The number of nitriles is 1. The summed E-state index contributed by atoms with van der Waals surface area (Å²) in [5, 5.41) is 20.7. The highest BCUT2D eigenvalue weighted by molar-refractivity contribution is 5.55. The molecule has 0 unspecified atom stereocenters. The highest BCUT2D eigenvalue weighted by atomic mass is 16.6. The fourth-order valence-electron chi connectivity index (χ4n) is 3.49. The SMILES string of the molecule is Cc1cc(C#CCOCCOCCOCCOCCO)cc(C)c1Oc1ccnc(Nc2ccc(C#N)cc2)n1. The fraction of sp³-hybridized carbons (Fsp3) is 0.367. The standard InChI is InChI=1S/C30H34N4O6/c1-23-20-26(4-3-12-36-14-16-38-18-19-39-17-15-37-13-11-35)21-24(2)29(23)40-28-9-10-32-30(34-28)33-27-7-5-25(22-31)6-8-27/h5-10,20-21,35H,11-19H2,1-2H3,(H,32,33,34). The summed E-state index contributed by atoms with van der Waals surface area (Å²) in [7, 11) is 0. The van der Waals surface area contributed by atoms with E-state index in [4.69, 9.17) is 34.1 Å². The van der Waals surface area contributed by atoms with Gasteiger partial charge in [-0.3, -0.25) is 0 Å². The van der Waals surface area contributed by atoms with Crippen LogP contribution in [-0.2, 0) is 18.9 Å². The van der Waals surface area contributed by atoms with Gasteiger partial charge in [-0.25, -0.2) is 4.98 Å². The van der Waals surface area contributed by atoms with Crippen molar-refractivity contribution in [2.45, 2.75) is 13.8 Å². The molecule has 3 aromatic rings. The first kappa shape index (κ1) is 30.5. The Morgan fingerprint density at radius 3 is 2.08 bits per heavy atom. The molecule has 0 amide bonds. The average Bonchev–Trinajstić information content (AvgIpc) is 2.96. The zero-order valence-electron chi connectivity index (χ0n) is 22.8. The normalized spacial score (nSPS) is 10.4. The number of hydrogen-bond donors (Lipinski definition) is 2. The molecule has 2 N–H and O–H groups in total. The minimum absolute atomic E-state index is 0.0161. The van der Waals surface area contributed by atoms with Crippen LogP contribution in [-0.4, -0.2) is 74.5 Å². The molecule has 0 spiro atoms. The first-order valence-corrected chi connectivity index (χ1v) is 12.9. The molecule has 0 radical (unpaired) electrons. The summed E-state index contributed by atoms with van der Waals surface area (Å²) in [6, 6.07) is 14.7. The van der Waals surface area contributed by atoms with E-state index in [9.17, 15) is 0 Å². The predicted molar refractivity (Wildman–Crippen MR) is 150 cm³/mol. The lowest BCUT2D eigenvalue weighted by Crippen LogP contribution is -2.12. The van der Waals surface area contributed by atoms with E-state index in [1.165, 1.54) is 0 Å². The van der Waals surface area contributed by atoms with Crippen LogP contribution in [0.2, 0.25) is 0 Å². The van der Waals surface area contributed by atoms with E-state index in [1.807, 2.05) is 26.0 Å². The minimum Gasteiger partial charge on any atom is -0.438 e. The van der Waals surface area contributed by atoms with Gasteiger partial charge in [0.2, 0.25) is 11.8 Å². The number of ether oxygens (including phenoxy) is 5. The zero-order chi connectivity index (χ0) is 28.4. The molecule has 2 aromatic carbocycles.